The van der Waals surface area contributed by atoms with Crippen molar-refractivity contribution >= 4 is 23.8 Å². The van der Waals surface area contributed by atoms with Crippen molar-refractivity contribution in [3.05, 3.63) is 83.7 Å². The molecule has 3 aliphatic rings. The van der Waals surface area contributed by atoms with Crippen LogP contribution in [0.15, 0.2) is 78.2 Å². The van der Waals surface area contributed by atoms with Gasteiger partial charge in [-0.3, -0.25) is 14.4 Å². The molecular formula is C36H44N4O5. The molecule has 1 aromatic rings. The van der Waals surface area contributed by atoms with E-state index in [0.717, 1.165) is 17.7 Å². The van der Waals surface area contributed by atoms with Gasteiger partial charge >= 0.3 is 6.09 Å². The fraction of sp³-hybridized carbons (Fsp3) is 0.444. The molecular weight excluding hydrogens is 568 g/mol. The zero-order valence-electron chi connectivity index (χ0n) is 26.7. The Kier molecular flexibility index (Phi) is 11.4. The summed E-state index contributed by atoms with van der Waals surface area (Å²) >= 11 is 0. The predicted molar refractivity (Wildman–Crippen MR) is 173 cm³/mol. The number of carbonyl (C=O) groups excluding carboxylic acids is 4. The summed E-state index contributed by atoms with van der Waals surface area (Å²) < 4.78 is 5.42. The maximum Gasteiger partial charge on any atom is 0.410 e. The number of ether oxygens (including phenoxy) is 1. The third-order valence-corrected chi connectivity index (χ3v) is 8.19. The number of hydrogen-bond acceptors (Lipinski definition) is 5. The molecule has 1 aromatic carbocycles. The quantitative estimate of drug-likeness (QED) is 0.323. The zero-order chi connectivity index (χ0) is 32.4. The van der Waals surface area contributed by atoms with Gasteiger partial charge in [-0.25, -0.2) is 4.79 Å². The highest BCUT2D eigenvalue weighted by Gasteiger charge is 2.33. The third kappa shape index (κ3) is 9.70. The van der Waals surface area contributed by atoms with Crippen molar-refractivity contribution in [2.24, 2.45) is 17.3 Å². The summed E-state index contributed by atoms with van der Waals surface area (Å²) in [7, 11) is 0. The van der Waals surface area contributed by atoms with Crippen LogP contribution < -0.4 is 10.6 Å². The number of allylic oxidation sites excluding steroid dienone is 6. The van der Waals surface area contributed by atoms with Crippen molar-refractivity contribution in [1.82, 2.24) is 20.4 Å². The molecule has 4 rings (SSSR count). The SMILES string of the molecule is C/C=C(\C=C/C(C)(C)C#C[C@H]1C=CC(NC(=O)[C@@H]2CCCN2C(C)=O)=CC1)NC(=O)C1CCN(C(=O)OCc2ccccc2)C1. The van der Waals surface area contributed by atoms with Crippen LogP contribution in [0.2, 0.25) is 0 Å². The van der Waals surface area contributed by atoms with Gasteiger partial charge in [0.05, 0.1) is 5.92 Å². The molecule has 9 heteroatoms. The minimum absolute atomic E-state index is 0.0177. The van der Waals surface area contributed by atoms with E-state index in [0.29, 0.717) is 44.6 Å². The van der Waals surface area contributed by atoms with E-state index in [2.05, 4.69) is 22.5 Å². The molecule has 2 heterocycles. The van der Waals surface area contributed by atoms with Crippen LogP contribution in [0.4, 0.5) is 4.79 Å². The van der Waals surface area contributed by atoms with Crippen LogP contribution in [0.25, 0.3) is 0 Å². The first-order valence-corrected chi connectivity index (χ1v) is 15.7. The van der Waals surface area contributed by atoms with Crippen LogP contribution in [0.3, 0.4) is 0 Å². The normalized spacial score (nSPS) is 21.6. The molecule has 0 radical (unpaired) electrons. The Morgan fingerprint density at radius 2 is 1.87 bits per heavy atom. The Morgan fingerprint density at radius 1 is 1.09 bits per heavy atom. The largest absolute Gasteiger partial charge is 0.445 e. The van der Waals surface area contributed by atoms with Crippen LogP contribution >= 0.6 is 0 Å². The van der Waals surface area contributed by atoms with Crippen molar-refractivity contribution < 1.29 is 23.9 Å². The van der Waals surface area contributed by atoms with Gasteiger partial charge in [-0.2, -0.15) is 0 Å². The van der Waals surface area contributed by atoms with Gasteiger partial charge in [0.15, 0.2) is 0 Å². The second-order valence-electron chi connectivity index (χ2n) is 12.2. The fourth-order valence-electron chi connectivity index (χ4n) is 5.49. The van der Waals surface area contributed by atoms with Gasteiger partial charge in [0.2, 0.25) is 17.7 Å². The van der Waals surface area contributed by atoms with E-state index in [-0.39, 0.29) is 36.2 Å². The van der Waals surface area contributed by atoms with E-state index in [1.165, 1.54) is 6.92 Å². The number of nitrogens with zero attached hydrogens (tertiary/aromatic N) is 2. The predicted octanol–water partition coefficient (Wildman–Crippen LogP) is 4.84. The van der Waals surface area contributed by atoms with Crippen LogP contribution in [0, 0.1) is 29.1 Å². The van der Waals surface area contributed by atoms with E-state index < -0.39 is 17.6 Å². The van der Waals surface area contributed by atoms with Crippen molar-refractivity contribution in [3.8, 4) is 11.8 Å². The molecule has 0 aromatic heterocycles. The smallest absolute Gasteiger partial charge is 0.410 e. The minimum atomic E-state index is -0.448. The Morgan fingerprint density at radius 3 is 2.56 bits per heavy atom. The summed E-state index contributed by atoms with van der Waals surface area (Å²) in [5.41, 5.74) is 1.87. The van der Waals surface area contributed by atoms with Crippen LogP contribution in [-0.4, -0.2) is 59.3 Å². The summed E-state index contributed by atoms with van der Waals surface area (Å²) in [5.74, 6) is 6.02. The van der Waals surface area contributed by atoms with E-state index in [1.54, 1.807) is 9.80 Å². The molecule has 2 saturated heterocycles. The Hall–Kier alpha value is -4.58. The molecule has 2 aliphatic heterocycles. The number of amides is 4. The van der Waals surface area contributed by atoms with Crippen molar-refractivity contribution in [2.75, 3.05) is 19.6 Å². The first-order chi connectivity index (χ1) is 21.5. The number of hydrogen-bond donors (Lipinski definition) is 2. The van der Waals surface area contributed by atoms with Gasteiger partial charge in [0, 0.05) is 49.3 Å². The second-order valence-corrected chi connectivity index (χ2v) is 12.2. The lowest BCUT2D eigenvalue weighted by atomic mass is 9.91. The molecule has 4 amide bonds. The lowest BCUT2D eigenvalue weighted by Crippen LogP contribution is -2.44. The molecule has 45 heavy (non-hydrogen) atoms. The molecule has 1 unspecified atom stereocenters. The van der Waals surface area contributed by atoms with E-state index >= 15 is 0 Å². The molecule has 1 aliphatic carbocycles. The fourth-order valence-corrected chi connectivity index (χ4v) is 5.49. The van der Waals surface area contributed by atoms with E-state index in [9.17, 15) is 19.2 Å². The van der Waals surface area contributed by atoms with E-state index in [4.69, 9.17) is 4.74 Å². The minimum Gasteiger partial charge on any atom is -0.445 e. The van der Waals surface area contributed by atoms with Crippen LogP contribution in [0.5, 0.6) is 0 Å². The Balaban J connectivity index is 1.22. The van der Waals surface area contributed by atoms with Gasteiger partial charge in [-0.15, -0.1) is 0 Å². The highest BCUT2D eigenvalue weighted by molar-refractivity contribution is 5.88. The maximum absolute atomic E-state index is 13.0. The van der Waals surface area contributed by atoms with Gasteiger partial charge in [-0.1, -0.05) is 66.5 Å². The number of rotatable bonds is 8. The summed E-state index contributed by atoms with van der Waals surface area (Å²) in [4.78, 5) is 53.2. The summed E-state index contributed by atoms with van der Waals surface area (Å²) in [6.07, 6.45) is 13.9. The molecule has 238 valence electrons. The first-order valence-electron chi connectivity index (χ1n) is 15.7. The summed E-state index contributed by atoms with van der Waals surface area (Å²) in [6, 6.07) is 9.10. The third-order valence-electron chi connectivity index (χ3n) is 8.19. The molecule has 2 N–H and O–H groups in total. The highest BCUT2D eigenvalue weighted by Crippen LogP contribution is 2.22. The highest BCUT2D eigenvalue weighted by atomic mass is 16.6. The van der Waals surface area contributed by atoms with Crippen molar-refractivity contribution in [3.63, 3.8) is 0 Å². The molecule has 9 nitrogen and oxygen atoms in total. The lowest BCUT2D eigenvalue weighted by molar-refractivity contribution is -0.136. The van der Waals surface area contributed by atoms with Gasteiger partial charge in [0.1, 0.15) is 12.6 Å². The Labute approximate surface area is 266 Å². The molecule has 0 bridgehead atoms. The topological polar surface area (TPSA) is 108 Å². The van der Waals surface area contributed by atoms with E-state index in [1.807, 2.05) is 87.6 Å². The number of carbonyl (C=O) groups is 4. The van der Waals surface area contributed by atoms with Gasteiger partial charge < -0.3 is 25.2 Å². The summed E-state index contributed by atoms with van der Waals surface area (Å²) in [6.45, 7) is 9.01. The number of benzene rings is 1. The molecule has 2 fully saturated rings. The maximum atomic E-state index is 13.0. The number of likely N-dealkylation sites (tertiary alicyclic amines) is 2. The zero-order valence-corrected chi connectivity index (χ0v) is 26.7. The second kappa shape index (κ2) is 15.4. The van der Waals surface area contributed by atoms with Gasteiger partial charge in [-0.05, 0) is 64.2 Å². The van der Waals surface area contributed by atoms with Crippen LogP contribution in [-0.2, 0) is 25.7 Å². The summed E-state index contributed by atoms with van der Waals surface area (Å²) in [5, 5.41) is 5.94. The first kappa shape index (κ1) is 33.3. The average Bonchev–Trinajstić information content (AvgIpc) is 3.73. The van der Waals surface area contributed by atoms with Crippen molar-refractivity contribution in [1.29, 1.82) is 0 Å². The molecule has 3 atom stereocenters. The molecule has 0 spiro atoms. The van der Waals surface area contributed by atoms with Gasteiger partial charge in [0.25, 0.3) is 0 Å². The lowest BCUT2D eigenvalue weighted by Gasteiger charge is -2.23. The van der Waals surface area contributed by atoms with Crippen molar-refractivity contribution in [2.45, 2.75) is 66.0 Å². The monoisotopic (exact) mass is 612 g/mol. The molecule has 0 saturated carbocycles. The standard InChI is InChI=1S/C36H44N4O5/c1-5-30(37-33(42)29-19-23-39(24-29)35(44)45-25-28-10-7-6-8-11-28)18-21-36(3,4)20-17-27-13-15-31(16-14-27)38-34(43)32-12-9-22-40(32)26(2)41/h5-8,10-11,13,15-16,18,21,27,29,32H,9,12,14,19,22-25H2,1-4H3,(H,37,42)(H,38,43)/b21-18-,30-5+/t27-,29?,32-/m0/s1. The Bertz CT molecular complexity index is 1450. The average molecular weight is 613 g/mol. The number of nitrogens with one attached hydrogen (secondary N) is 2. The van der Waals surface area contributed by atoms with Crippen LogP contribution in [0.1, 0.15) is 58.9 Å².